The Labute approximate surface area is 240 Å². The monoisotopic (exact) mass is 580 g/mol. The molecule has 0 bridgehead atoms. The summed E-state index contributed by atoms with van der Waals surface area (Å²) < 4.78 is 10.0. The standard InChI is InChI=1S/C30H26Cl2N2O4S/c1-16-14-23(25(32)15-22(16)19-8-10-20(11-9-19)30(12-13-30)28(35)36)27-26(17(2)34-39-27)33-29(37)38-18(3)21-6-4-5-7-24(21)31/h4-11,14-15,18H,12-13H2,1-3H3,(H,33,37)(H,35,36)/t18-/m1/s1. The predicted molar refractivity (Wildman–Crippen MR) is 156 cm³/mol. The van der Waals surface area contributed by atoms with E-state index in [9.17, 15) is 14.7 Å². The number of halogens is 2. The van der Waals surface area contributed by atoms with Gasteiger partial charge in [0.25, 0.3) is 0 Å². The van der Waals surface area contributed by atoms with E-state index in [2.05, 4.69) is 9.69 Å². The van der Waals surface area contributed by atoms with E-state index in [1.807, 2.05) is 68.4 Å². The molecule has 1 fully saturated rings. The quantitative estimate of drug-likeness (QED) is 0.228. The van der Waals surface area contributed by atoms with Gasteiger partial charge in [-0.3, -0.25) is 10.1 Å². The summed E-state index contributed by atoms with van der Waals surface area (Å²) in [5.41, 5.74) is 5.61. The van der Waals surface area contributed by atoms with E-state index in [0.717, 1.165) is 32.7 Å². The molecule has 0 aliphatic heterocycles. The van der Waals surface area contributed by atoms with Crippen LogP contribution in [0.5, 0.6) is 0 Å². The van der Waals surface area contributed by atoms with Gasteiger partial charge in [0.2, 0.25) is 0 Å². The zero-order chi connectivity index (χ0) is 27.9. The number of carbonyl (C=O) groups is 2. The minimum absolute atomic E-state index is 0.508. The lowest BCUT2D eigenvalue weighted by Crippen LogP contribution is -2.19. The minimum Gasteiger partial charge on any atom is -0.481 e. The van der Waals surface area contributed by atoms with Crippen molar-refractivity contribution in [1.82, 2.24) is 4.37 Å². The summed E-state index contributed by atoms with van der Waals surface area (Å²) in [4.78, 5) is 25.2. The molecule has 1 amide bonds. The van der Waals surface area contributed by atoms with Crippen LogP contribution in [0.2, 0.25) is 10.0 Å². The molecule has 4 aromatic rings. The number of nitrogens with one attached hydrogen (secondary N) is 1. The summed E-state index contributed by atoms with van der Waals surface area (Å²) in [5.74, 6) is -0.773. The first-order valence-electron chi connectivity index (χ1n) is 12.4. The first-order chi connectivity index (χ1) is 18.6. The number of hydrogen-bond acceptors (Lipinski definition) is 5. The van der Waals surface area contributed by atoms with E-state index < -0.39 is 23.6 Å². The van der Waals surface area contributed by atoms with E-state index in [1.165, 1.54) is 11.5 Å². The topological polar surface area (TPSA) is 88.5 Å². The Morgan fingerprint density at radius 2 is 1.72 bits per heavy atom. The van der Waals surface area contributed by atoms with Crippen molar-refractivity contribution in [3.05, 3.63) is 93.1 Å². The maximum atomic E-state index is 12.8. The molecule has 1 aliphatic carbocycles. The van der Waals surface area contributed by atoms with Crippen molar-refractivity contribution in [2.45, 2.75) is 45.1 Å². The third kappa shape index (κ3) is 5.26. The van der Waals surface area contributed by atoms with Crippen LogP contribution in [0.25, 0.3) is 21.6 Å². The number of rotatable bonds is 7. The second-order valence-electron chi connectivity index (χ2n) is 9.78. The number of aliphatic carboxylic acids is 1. The molecule has 0 unspecified atom stereocenters. The van der Waals surface area contributed by atoms with Gasteiger partial charge in [-0.1, -0.05) is 65.7 Å². The van der Waals surface area contributed by atoms with Gasteiger partial charge in [-0.15, -0.1) is 0 Å². The maximum absolute atomic E-state index is 12.8. The average molecular weight is 582 g/mol. The summed E-state index contributed by atoms with van der Waals surface area (Å²) in [6.07, 6.45) is 0.165. The second kappa shape index (κ2) is 10.6. The summed E-state index contributed by atoms with van der Waals surface area (Å²) in [5, 5.41) is 13.5. The first-order valence-corrected chi connectivity index (χ1v) is 14.0. The Kier molecular flexibility index (Phi) is 7.42. The number of carbonyl (C=O) groups excluding carboxylic acids is 1. The molecule has 1 aromatic heterocycles. The first kappa shape index (κ1) is 27.2. The van der Waals surface area contributed by atoms with E-state index in [-0.39, 0.29) is 0 Å². The molecule has 9 heteroatoms. The van der Waals surface area contributed by atoms with Gasteiger partial charge in [0.15, 0.2) is 0 Å². The molecule has 0 spiro atoms. The highest BCUT2D eigenvalue weighted by atomic mass is 35.5. The highest BCUT2D eigenvalue weighted by molar-refractivity contribution is 7.10. The summed E-state index contributed by atoms with van der Waals surface area (Å²) >= 11 is 14.3. The highest BCUT2D eigenvalue weighted by Gasteiger charge is 2.51. The second-order valence-corrected chi connectivity index (χ2v) is 11.4. The molecule has 39 heavy (non-hydrogen) atoms. The number of amides is 1. The highest BCUT2D eigenvalue weighted by Crippen LogP contribution is 2.49. The van der Waals surface area contributed by atoms with Crippen LogP contribution in [0.4, 0.5) is 10.5 Å². The van der Waals surface area contributed by atoms with Crippen molar-refractivity contribution >= 4 is 52.5 Å². The van der Waals surface area contributed by atoms with Gasteiger partial charge in [-0.25, -0.2) is 4.79 Å². The van der Waals surface area contributed by atoms with Gasteiger partial charge in [0, 0.05) is 21.2 Å². The van der Waals surface area contributed by atoms with Crippen LogP contribution in [-0.4, -0.2) is 21.5 Å². The van der Waals surface area contributed by atoms with Crippen LogP contribution in [0, 0.1) is 13.8 Å². The molecule has 5 rings (SSSR count). The van der Waals surface area contributed by atoms with Crippen molar-refractivity contribution in [2.75, 3.05) is 5.32 Å². The minimum atomic E-state index is -0.773. The van der Waals surface area contributed by atoms with Gasteiger partial charge in [-0.05, 0) is 85.6 Å². The van der Waals surface area contributed by atoms with Crippen LogP contribution in [0.1, 0.15) is 48.3 Å². The molecule has 1 atom stereocenters. The van der Waals surface area contributed by atoms with Gasteiger partial charge >= 0.3 is 12.1 Å². The Balaban J connectivity index is 1.38. The Morgan fingerprint density at radius 3 is 2.36 bits per heavy atom. The fourth-order valence-corrected chi connectivity index (χ4v) is 6.23. The van der Waals surface area contributed by atoms with Crippen LogP contribution >= 0.6 is 34.7 Å². The maximum Gasteiger partial charge on any atom is 0.412 e. The number of anilines is 1. The number of benzene rings is 3. The fourth-order valence-electron chi connectivity index (χ4n) is 4.75. The van der Waals surface area contributed by atoms with Crippen molar-refractivity contribution in [3.8, 4) is 21.6 Å². The van der Waals surface area contributed by atoms with Gasteiger partial charge in [-0.2, -0.15) is 4.37 Å². The van der Waals surface area contributed by atoms with Crippen molar-refractivity contribution in [2.24, 2.45) is 0 Å². The predicted octanol–water partition coefficient (Wildman–Crippen LogP) is 8.83. The van der Waals surface area contributed by atoms with Crippen molar-refractivity contribution in [3.63, 3.8) is 0 Å². The van der Waals surface area contributed by atoms with Gasteiger partial charge in [0.05, 0.1) is 21.7 Å². The Hall–Kier alpha value is -3.39. The molecular weight excluding hydrogens is 555 g/mol. The molecule has 2 N–H and O–H groups in total. The lowest BCUT2D eigenvalue weighted by atomic mass is 9.92. The summed E-state index contributed by atoms with van der Waals surface area (Å²) in [6.45, 7) is 5.56. The molecule has 1 saturated carbocycles. The molecule has 3 aromatic carbocycles. The van der Waals surface area contributed by atoms with Crippen molar-refractivity contribution < 1.29 is 19.4 Å². The lowest BCUT2D eigenvalue weighted by molar-refractivity contribution is -0.140. The molecular formula is C30H26Cl2N2O4S. The number of nitrogens with zero attached hydrogens (tertiary/aromatic N) is 1. The van der Waals surface area contributed by atoms with E-state index in [4.69, 9.17) is 27.9 Å². The summed E-state index contributed by atoms with van der Waals surface area (Å²) in [7, 11) is 0. The molecule has 0 radical (unpaired) electrons. The van der Waals surface area contributed by atoms with Gasteiger partial charge in [0.1, 0.15) is 6.10 Å². The van der Waals surface area contributed by atoms with Crippen LogP contribution in [-0.2, 0) is 14.9 Å². The van der Waals surface area contributed by atoms with E-state index in [1.54, 1.807) is 13.0 Å². The van der Waals surface area contributed by atoms with Gasteiger partial charge < -0.3 is 9.84 Å². The molecule has 1 aliphatic rings. The van der Waals surface area contributed by atoms with Crippen LogP contribution in [0.15, 0.2) is 60.7 Å². The molecule has 1 heterocycles. The number of aromatic nitrogens is 1. The smallest absolute Gasteiger partial charge is 0.412 e. The number of ether oxygens (including phenoxy) is 1. The average Bonchev–Trinajstić information content (AvgIpc) is 3.65. The molecule has 200 valence electrons. The lowest BCUT2D eigenvalue weighted by Gasteiger charge is -2.16. The number of hydrogen-bond donors (Lipinski definition) is 2. The molecule has 6 nitrogen and oxygen atoms in total. The number of carboxylic acid groups (broad SMARTS) is 1. The Bertz CT molecular complexity index is 1580. The SMILES string of the molecule is Cc1cc(-c2snc(C)c2NC(=O)O[C@H](C)c2ccccc2Cl)c(Cl)cc1-c1ccc(C2(C(=O)O)CC2)cc1. The number of carboxylic acids is 1. The zero-order valence-corrected chi connectivity index (χ0v) is 23.9. The largest absolute Gasteiger partial charge is 0.481 e. The third-order valence-electron chi connectivity index (χ3n) is 7.18. The van der Waals surface area contributed by atoms with E-state index in [0.29, 0.717) is 39.8 Å². The third-order valence-corrected chi connectivity index (χ3v) is 8.81. The number of aryl methyl sites for hydroxylation is 2. The fraction of sp³-hybridized carbons (Fsp3) is 0.233. The molecule has 0 saturated heterocycles. The zero-order valence-electron chi connectivity index (χ0n) is 21.5. The van der Waals surface area contributed by atoms with Crippen LogP contribution in [0.3, 0.4) is 0 Å². The van der Waals surface area contributed by atoms with E-state index >= 15 is 0 Å². The Morgan fingerprint density at radius 1 is 1.03 bits per heavy atom. The normalized spacial score (nSPS) is 14.5. The van der Waals surface area contributed by atoms with Crippen LogP contribution < -0.4 is 5.32 Å². The van der Waals surface area contributed by atoms with Crippen molar-refractivity contribution in [1.29, 1.82) is 0 Å². The summed E-state index contributed by atoms with van der Waals surface area (Å²) in [6, 6.07) is 18.8.